The minimum atomic E-state index is 0.0723. The molecule has 1 fully saturated rings. The second kappa shape index (κ2) is 5.63. The molecule has 2 rings (SSSR count). The van der Waals surface area contributed by atoms with E-state index >= 15 is 0 Å². The zero-order valence-corrected chi connectivity index (χ0v) is 9.24. The van der Waals surface area contributed by atoms with Crippen LogP contribution in [0, 0.1) is 0 Å². The first-order chi connectivity index (χ1) is 7.84. The van der Waals surface area contributed by atoms with Crippen molar-refractivity contribution in [2.45, 2.75) is 0 Å². The van der Waals surface area contributed by atoms with Crippen molar-refractivity contribution >= 4 is 11.6 Å². The van der Waals surface area contributed by atoms with E-state index < -0.39 is 0 Å². The van der Waals surface area contributed by atoms with E-state index in [9.17, 15) is 4.79 Å². The van der Waals surface area contributed by atoms with Gasteiger partial charge in [0, 0.05) is 5.69 Å². The lowest BCUT2D eigenvalue weighted by atomic mass is 10.3. The van der Waals surface area contributed by atoms with Gasteiger partial charge in [0.25, 0.3) is 5.91 Å². The molecule has 1 aromatic rings. The SMILES string of the molecule is O=C(C[NH+]1CCOCC1)Nc1ccccc1. The van der Waals surface area contributed by atoms with E-state index in [-0.39, 0.29) is 5.91 Å². The van der Waals surface area contributed by atoms with Crippen LogP contribution in [0.5, 0.6) is 0 Å². The maximum atomic E-state index is 11.7. The first-order valence-electron chi connectivity index (χ1n) is 5.61. The number of carbonyl (C=O) groups is 1. The first kappa shape index (κ1) is 11.1. The third-order valence-corrected chi connectivity index (χ3v) is 2.67. The smallest absolute Gasteiger partial charge is 0.279 e. The zero-order chi connectivity index (χ0) is 11.2. The van der Waals surface area contributed by atoms with Crippen LogP contribution in [0.4, 0.5) is 5.69 Å². The number of amides is 1. The Morgan fingerprint density at radius 3 is 2.62 bits per heavy atom. The van der Waals surface area contributed by atoms with Crippen molar-refractivity contribution < 1.29 is 14.4 Å². The van der Waals surface area contributed by atoms with Crippen LogP contribution in [0.15, 0.2) is 30.3 Å². The minimum Gasteiger partial charge on any atom is -0.370 e. The van der Waals surface area contributed by atoms with Crippen molar-refractivity contribution in [2.24, 2.45) is 0 Å². The van der Waals surface area contributed by atoms with Gasteiger partial charge in [-0.25, -0.2) is 0 Å². The number of carbonyl (C=O) groups excluding carboxylic acids is 1. The van der Waals surface area contributed by atoms with Gasteiger partial charge in [0.15, 0.2) is 6.54 Å². The molecule has 1 aliphatic heterocycles. The molecule has 0 radical (unpaired) electrons. The maximum absolute atomic E-state index is 11.7. The summed E-state index contributed by atoms with van der Waals surface area (Å²) in [5.41, 5.74) is 0.861. The lowest BCUT2D eigenvalue weighted by Gasteiger charge is -2.23. The third-order valence-electron chi connectivity index (χ3n) is 2.67. The monoisotopic (exact) mass is 221 g/mol. The lowest BCUT2D eigenvalue weighted by molar-refractivity contribution is -0.899. The molecule has 0 atom stereocenters. The summed E-state index contributed by atoms with van der Waals surface area (Å²) in [6, 6.07) is 9.55. The van der Waals surface area contributed by atoms with Gasteiger partial charge in [-0.2, -0.15) is 0 Å². The summed E-state index contributed by atoms with van der Waals surface area (Å²) in [7, 11) is 0. The second-order valence-corrected chi connectivity index (χ2v) is 3.95. The van der Waals surface area contributed by atoms with E-state index in [2.05, 4.69) is 5.32 Å². The highest BCUT2D eigenvalue weighted by molar-refractivity contribution is 5.91. The summed E-state index contributed by atoms with van der Waals surface area (Å²) in [5, 5.41) is 2.89. The lowest BCUT2D eigenvalue weighted by Crippen LogP contribution is -3.15. The van der Waals surface area contributed by atoms with Gasteiger partial charge in [0.2, 0.25) is 0 Å². The zero-order valence-electron chi connectivity index (χ0n) is 9.24. The molecular formula is C12H17N2O2+. The number of ether oxygens (including phenoxy) is 1. The highest BCUT2D eigenvalue weighted by Gasteiger charge is 2.17. The number of benzene rings is 1. The Labute approximate surface area is 95.2 Å². The molecule has 0 spiro atoms. The predicted octanol–water partition coefficient (Wildman–Crippen LogP) is -0.460. The van der Waals surface area contributed by atoms with Crippen LogP contribution >= 0.6 is 0 Å². The molecule has 86 valence electrons. The Morgan fingerprint density at radius 2 is 1.94 bits per heavy atom. The molecule has 0 bridgehead atoms. The average Bonchev–Trinajstić information content (AvgIpc) is 2.31. The maximum Gasteiger partial charge on any atom is 0.279 e. The summed E-state index contributed by atoms with van der Waals surface area (Å²) in [6.07, 6.45) is 0. The Hall–Kier alpha value is -1.39. The summed E-state index contributed by atoms with van der Waals surface area (Å²) < 4.78 is 5.25. The molecule has 0 saturated carbocycles. The molecule has 2 N–H and O–H groups in total. The first-order valence-corrected chi connectivity index (χ1v) is 5.61. The average molecular weight is 221 g/mol. The van der Waals surface area contributed by atoms with Gasteiger partial charge in [-0.1, -0.05) is 18.2 Å². The molecule has 4 nitrogen and oxygen atoms in total. The molecule has 0 unspecified atom stereocenters. The topological polar surface area (TPSA) is 42.8 Å². The molecule has 1 aliphatic rings. The predicted molar refractivity (Wildman–Crippen MR) is 61.5 cm³/mol. The Balaban J connectivity index is 1.80. The van der Waals surface area contributed by atoms with Crippen LogP contribution in [0.1, 0.15) is 0 Å². The standard InChI is InChI=1S/C12H16N2O2/c15-12(10-14-6-8-16-9-7-14)13-11-4-2-1-3-5-11/h1-5H,6-10H2,(H,13,15)/p+1. The highest BCUT2D eigenvalue weighted by Crippen LogP contribution is 2.03. The van der Waals surface area contributed by atoms with E-state index in [1.165, 1.54) is 4.90 Å². The number of quaternary nitrogens is 1. The quantitative estimate of drug-likeness (QED) is 0.725. The fraction of sp³-hybridized carbons (Fsp3) is 0.417. The van der Waals surface area contributed by atoms with Crippen molar-refractivity contribution in [1.82, 2.24) is 0 Å². The highest BCUT2D eigenvalue weighted by atomic mass is 16.5. The molecule has 1 saturated heterocycles. The fourth-order valence-corrected chi connectivity index (χ4v) is 1.79. The Morgan fingerprint density at radius 1 is 1.25 bits per heavy atom. The van der Waals surface area contributed by atoms with Crippen LogP contribution in [0.3, 0.4) is 0 Å². The van der Waals surface area contributed by atoms with E-state index in [1.807, 2.05) is 30.3 Å². The molecule has 4 heteroatoms. The molecule has 1 heterocycles. The third kappa shape index (κ3) is 3.32. The van der Waals surface area contributed by atoms with Gasteiger partial charge in [0.05, 0.1) is 13.2 Å². The van der Waals surface area contributed by atoms with Crippen LogP contribution < -0.4 is 10.2 Å². The number of rotatable bonds is 3. The largest absolute Gasteiger partial charge is 0.370 e. The van der Waals surface area contributed by atoms with E-state index in [0.717, 1.165) is 32.0 Å². The van der Waals surface area contributed by atoms with Crippen molar-refractivity contribution in [3.05, 3.63) is 30.3 Å². The summed E-state index contributed by atoms with van der Waals surface area (Å²) in [5.74, 6) is 0.0723. The molecule has 1 amide bonds. The minimum absolute atomic E-state index is 0.0723. The van der Waals surface area contributed by atoms with E-state index in [0.29, 0.717) is 6.54 Å². The van der Waals surface area contributed by atoms with Gasteiger partial charge in [0.1, 0.15) is 13.1 Å². The van der Waals surface area contributed by atoms with Crippen LogP contribution in [0.25, 0.3) is 0 Å². The Kier molecular flexibility index (Phi) is 3.91. The number of morpholine rings is 1. The van der Waals surface area contributed by atoms with E-state index in [4.69, 9.17) is 4.74 Å². The second-order valence-electron chi connectivity index (χ2n) is 3.95. The van der Waals surface area contributed by atoms with Crippen LogP contribution in [-0.2, 0) is 9.53 Å². The van der Waals surface area contributed by atoms with Crippen molar-refractivity contribution in [2.75, 3.05) is 38.2 Å². The van der Waals surface area contributed by atoms with Crippen molar-refractivity contribution in [1.29, 1.82) is 0 Å². The summed E-state index contributed by atoms with van der Waals surface area (Å²) in [6.45, 7) is 3.88. The molecule has 16 heavy (non-hydrogen) atoms. The van der Waals surface area contributed by atoms with Gasteiger partial charge in [-0.3, -0.25) is 4.79 Å². The Bertz CT molecular complexity index is 334. The fourth-order valence-electron chi connectivity index (χ4n) is 1.79. The number of hydrogen-bond donors (Lipinski definition) is 2. The number of hydrogen-bond acceptors (Lipinski definition) is 2. The van der Waals surface area contributed by atoms with Gasteiger partial charge < -0.3 is 15.0 Å². The molecule has 0 aromatic heterocycles. The van der Waals surface area contributed by atoms with Gasteiger partial charge >= 0.3 is 0 Å². The van der Waals surface area contributed by atoms with Gasteiger partial charge in [-0.15, -0.1) is 0 Å². The van der Waals surface area contributed by atoms with Crippen LogP contribution in [0.2, 0.25) is 0 Å². The van der Waals surface area contributed by atoms with Crippen molar-refractivity contribution in [3.63, 3.8) is 0 Å². The molecular weight excluding hydrogens is 204 g/mol. The molecule has 0 aliphatic carbocycles. The number of nitrogens with one attached hydrogen (secondary N) is 2. The van der Waals surface area contributed by atoms with Crippen molar-refractivity contribution in [3.8, 4) is 0 Å². The number of para-hydroxylation sites is 1. The van der Waals surface area contributed by atoms with Gasteiger partial charge in [-0.05, 0) is 12.1 Å². The van der Waals surface area contributed by atoms with E-state index in [1.54, 1.807) is 0 Å². The normalized spacial score (nSPS) is 17.0. The summed E-state index contributed by atoms with van der Waals surface area (Å²) >= 11 is 0. The van der Waals surface area contributed by atoms with Crippen LogP contribution in [-0.4, -0.2) is 38.8 Å². The molecule has 1 aromatic carbocycles. The number of anilines is 1. The summed E-state index contributed by atoms with van der Waals surface area (Å²) in [4.78, 5) is 13.0.